The van der Waals surface area contributed by atoms with E-state index in [1.54, 1.807) is 0 Å². The Kier molecular flexibility index (Phi) is 3.18. The highest BCUT2D eigenvalue weighted by Gasteiger charge is 2.08. The van der Waals surface area contributed by atoms with E-state index in [0.717, 1.165) is 22.2 Å². The number of pyridine rings is 1. The number of aromatic nitrogens is 1. The molecule has 0 unspecified atom stereocenters. The minimum absolute atomic E-state index is 0.678. The largest absolute Gasteiger partial charge is 0.323 e. The van der Waals surface area contributed by atoms with Crippen molar-refractivity contribution in [1.29, 1.82) is 5.26 Å². The van der Waals surface area contributed by atoms with Gasteiger partial charge in [0.2, 0.25) is 0 Å². The lowest BCUT2D eigenvalue weighted by Gasteiger charge is -2.10. The lowest BCUT2D eigenvalue weighted by molar-refractivity contribution is 1.20. The number of fused-ring (bicyclic) bond motifs is 1. The van der Waals surface area contributed by atoms with Gasteiger partial charge in [-0.1, -0.05) is 42.5 Å². The molecule has 2 aromatic carbocycles. The summed E-state index contributed by atoms with van der Waals surface area (Å²) < 4.78 is 2.14. The molecule has 23 heavy (non-hydrogen) atoms. The number of hydrogen-bond donors (Lipinski definition) is 0. The van der Waals surface area contributed by atoms with Crippen LogP contribution in [0, 0.1) is 11.3 Å². The van der Waals surface area contributed by atoms with Crippen LogP contribution in [0.4, 0.5) is 0 Å². The minimum atomic E-state index is 0.678. The van der Waals surface area contributed by atoms with Crippen LogP contribution in [0.15, 0.2) is 85.2 Å². The van der Waals surface area contributed by atoms with Gasteiger partial charge in [0.05, 0.1) is 17.1 Å². The van der Waals surface area contributed by atoms with Crippen molar-refractivity contribution in [2.45, 2.75) is 0 Å². The summed E-state index contributed by atoms with van der Waals surface area (Å²) in [6.07, 6.45) is 4.20. The average Bonchev–Trinajstić information content (AvgIpc) is 3.10. The molecule has 0 aliphatic heterocycles. The molecule has 2 aromatic heterocycles. The summed E-state index contributed by atoms with van der Waals surface area (Å²) >= 11 is 0. The van der Waals surface area contributed by atoms with Gasteiger partial charge in [-0.3, -0.25) is 0 Å². The zero-order valence-corrected chi connectivity index (χ0v) is 12.5. The summed E-state index contributed by atoms with van der Waals surface area (Å²) in [6.45, 7) is 0. The van der Waals surface area contributed by atoms with E-state index in [1.807, 2.05) is 42.5 Å². The van der Waals surface area contributed by atoms with Crippen LogP contribution >= 0.6 is 0 Å². The van der Waals surface area contributed by atoms with Crippen molar-refractivity contribution in [3.63, 3.8) is 0 Å². The van der Waals surface area contributed by atoms with Crippen LogP contribution in [0.1, 0.15) is 5.56 Å². The molecule has 0 saturated carbocycles. The highest BCUT2D eigenvalue weighted by Crippen LogP contribution is 2.31. The Morgan fingerprint density at radius 3 is 2.39 bits per heavy atom. The highest BCUT2D eigenvalue weighted by molar-refractivity contribution is 5.85. The quantitative estimate of drug-likeness (QED) is 0.503. The van der Waals surface area contributed by atoms with Crippen LogP contribution in [0.5, 0.6) is 0 Å². The van der Waals surface area contributed by atoms with Gasteiger partial charge in [0, 0.05) is 18.0 Å². The van der Waals surface area contributed by atoms with Crippen LogP contribution in [0.2, 0.25) is 0 Å². The van der Waals surface area contributed by atoms with Crippen molar-refractivity contribution in [3.8, 4) is 28.3 Å². The van der Waals surface area contributed by atoms with Crippen molar-refractivity contribution < 1.29 is 0 Å². The molecule has 0 spiro atoms. The molecule has 0 aliphatic rings. The van der Waals surface area contributed by atoms with Gasteiger partial charge in [0.1, 0.15) is 0 Å². The molecule has 0 aliphatic carbocycles. The fourth-order valence-electron chi connectivity index (χ4n) is 2.93. The second-order valence-corrected chi connectivity index (χ2v) is 5.50. The summed E-state index contributed by atoms with van der Waals surface area (Å²) in [5.74, 6) is 0. The Morgan fingerprint density at radius 2 is 1.57 bits per heavy atom. The van der Waals surface area contributed by atoms with Gasteiger partial charge in [-0.15, -0.1) is 0 Å². The standard InChI is InChI=1S/C21H14N2/c22-14-16-6-4-9-18(12-16)20-13-19(17-7-2-1-3-8-17)15-23-11-5-10-21(20)23/h1-13,15H. The molecule has 0 amide bonds. The first kappa shape index (κ1) is 13.4. The van der Waals surface area contributed by atoms with Crippen molar-refractivity contribution in [1.82, 2.24) is 4.40 Å². The second-order valence-electron chi connectivity index (χ2n) is 5.50. The lowest BCUT2D eigenvalue weighted by atomic mass is 9.99. The summed E-state index contributed by atoms with van der Waals surface area (Å²) in [5, 5.41) is 9.16. The topological polar surface area (TPSA) is 28.2 Å². The van der Waals surface area contributed by atoms with E-state index < -0.39 is 0 Å². The number of hydrogen-bond acceptors (Lipinski definition) is 1. The zero-order chi connectivity index (χ0) is 15.6. The van der Waals surface area contributed by atoms with Crippen LogP contribution < -0.4 is 0 Å². The summed E-state index contributed by atoms with van der Waals surface area (Å²) in [5.41, 5.74) is 6.35. The number of nitrogens with zero attached hydrogens (tertiary/aromatic N) is 2. The molecule has 2 heterocycles. The van der Waals surface area contributed by atoms with E-state index in [4.69, 9.17) is 5.26 Å². The molecule has 2 heteroatoms. The van der Waals surface area contributed by atoms with E-state index in [0.29, 0.717) is 5.56 Å². The van der Waals surface area contributed by atoms with Gasteiger partial charge in [-0.25, -0.2) is 0 Å². The fraction of sp³-hybridized carbons (Fsp3) is 0. The van der Waals surface area contributed by atoms with Gasteiger partial charge < -0.3 is 4.40 Å². The predicted octanol–water partition coefficient (Wildman–Crippen LogP) is 5.14. The molecular weight excluding hydrogens is 280 g/mol. The van der Waals surface area contributed by atoms with Crippen molar-refractivity contribution in [2.75, 3.05) is 0 Å². The molecule has 0 atom stereocenters. The molecule has 0 fully saturated rings. The Hall–Kier alpha value is -3.31. The fourth-order valence-corrected chi connectivity index (χ4v) is 2.93. The highest BCUT2D eigenvalue weighted by atomic mass is 14.9. The van der Waals surface area contributed by atoms with E-state index in [9.17, 15) is 0 Å². The molecule has 4 aromatic rings. The third kappa shape index (κ3) is 2.39. The van der Waals surface area contributed by atoms with Gasteiger partial charge in [0.15, 0.2) is 0 Å². The van der Waals surface area contributed by atoms with E-state index in [1.165, 1.54) is 5.56 Å². The predicted molar refractivity (Wildman–Crippen MR) is 93.0 cm³/mol. The van der Waals surface area contributed by atoms with Crippen LogP contribution in [0.3, 0.4) is 0 Å². The van der Waals surface area contributed by atoms with Gasteiger partial charge in [0.25, 0.3) is 0 Å². The number of rotatable bonds is 2. The second kappa shape index (κ2) is 5.47. The Balaban J connectivity index is 1.98. The Morgan fingerprint density at radius 1 is 0.739 bits per heavy atom. The first-order valence-corrected chi connectivity index (χ1v) is 7.52. The Bertz CT molecular complexity index is 1020. The van der Waals surface area contributed by atoms with Crippen molar-refractivity contribution in [3.05, 3.63) is 90.8 Å². The van der Waals surface area contributed by atoms with Crippen LogP contribution in [-0.2, 0) is 0 Å². The summed E-state index contributed by atoms with van der Waals surface area (Å²) in [4.78, 5) is 0. The van der Waals surface area contributed by atoms with Crippen molar-refractivity contribution in [2.24, 2.45) is 0 Å². The molecular formula is C21H14N2. The molecule has 108 valence electrons. The monoisotopic (exact) mass is 294 g/mol. The molecule has 0 radical (unpaired) electrons. The maximum Gasteiger partial charge on any atom is 0.0991 e. The first-order valence-electron chi connectivity index (χ1n) is 7.52. The van der Waals surface area contributed by atoms with Crippen LogP contribution in [-0.4, -0.2) is 4.40 Å². The van der Waals surface area contributed by atoms with E-state index in [2.05, 4.69) is 53.2 Å². The summed E-state index contributed by atoms with van der Waals surface area (Å²) in [6, 6.07) is 26.7. The smallest absolute Gasteiger partial charge is 0.0991 e. The number of benzene rings is 2. The first-order chi connectivity index (χ1) is 11.3. The Labute approximate surface area is 134 Å². The number of nitriles is 1. The van der Waals surface area contributed by atoms with E-state index >= 15 is 0 Å². The minimum Gasteiger partial charge on any atom is -0.323 e. The third-order valence-corrected chi connectivity index (χ3v) is 4.04. The van der Waals surface area contributed by atoms with E-state index in [-0.39, 0.29) is 0 Å². The lowest BCUT2D eigenvalue weighted by Crippen LogP contribution is -1.90. The van der Waals surface area contributed by atoms with Gasteiger partial charge in [-0.05, 0) is 47.0 Å². The summed E-state index contributed by atoms with van der Waals surface area (Å²) in [7, 11) is 0. The maximum atomic E-state index is 9.16. The molecule has 0 saturated heterocycles. The third-order valence-electron chi connectivity index (χ3n) is 4.04. The molecule has 4 rings (SSSR count). The van der Waals surface area contributed by atoms with Crippen LogP contribution in [0.25, 0.3) is 27.8 Å². The maximum absolute atomic E-state index is 9.16. The molecule has 2 nitrogen and oxygen atoms in total. The van der Waals surface area contributed by atoms with Gasteiger partial charge in [-0.2, -0.15) is 5.26 Å². The molecule has 0 N–H and O–H groups in total. The average molecular weight is 294 g/mol. The zero-order valence-electron chi connectivity index (χ0n) is 12.5. The van der Waals surface area contributed by atoms with Crippen molar-refractivity contribution >= 4 is 5.52 Å². The SMILES string of the molecule is N#Cc1cccc(-c2cc(-c3ccccc3)cn3cccc23)c1. The van der Waals surface area contributed by atoms with Gasteiger partial charge >= 0.3 is 0 Å². The normalized spacial score (nSPS) is 10.6. The molecule has 0 bridgehead atoms.